The number of nitriles is 1. The largest absolute Gasteiger partial charge is 0.454 e. The van der Waals surface area contributed by atoms with Crippen molar-refractivity contribution in [3.63, 3.8) is 0 Å². The minimum absolute atomic E-state index is 0.0339. The van der Waals surface area contributed by atoms with E-state index in [0.29, 0.717) is 55.0 Å². The number of benzene rings is 3. The van der Waals surface area contributed by atoms with E-state index in [2.05, 4.69) is 25.5 Å². The summed E-state index contributed by atoms with van der Waals surface area (Å²) in [4.78, 5) is 23.4. The molecule has 9 nitrogen and oxygen atoms in total. The number of carbonyl (C=O) groups excluding carboxylic acids is 1. The van der Waals surface area contributed by atoms with Gasteiger partial charge < -0.3 is 25.0 Å². The van der Waals surface area contributed by atoms with Gasteiger partial charge >= 0.3 is 12.2 Å². The Morgan fingerprint density at radius 3 is 2.42 bits per heavy atom. The van der Waals surface area contributed by atoms with Crippen molar-refractivity contribution in [3.8, 4) is 17.6 Å². The summed E-state index contributed by atoms with van der Waals surface area (Å²) in [6.45, 7) is 2.59. The smallest absolute Gasteiger partial charge is 0.417 e. The summed E-state index contributed by atoms with van der Waals surface area (Å²) in [6.07, 6.45) is -3.09. The molecule has 204 valence electrons. The summed E-state index contributed by atoms with van der Waals surface area (Å²) in [5, 5.41) is 13.5. The van der Waals surface area contributed by atoms with Gasteiger partial charge in [0.15, 0.2) is 11.6 Å². The molecule has 0 saturated carbocycles. The van der Waals surface area contributed by atoms with Gasteiger partial charge in [-0.1, -0.05) is 0 Å². The zero-order chi connectivity index (χ0) is 28.3. The molecule has 3 aromatic carbocycles. The minimum Gasteiger partial charge on any atom is -0.454 e. The normalized spacial score (nSPS) is 13.5. The molecule has 2 amide bonds. The molecule has 0 radical (unpaired) electrons. The van der Waals surface area contributed by atoms with Crippen LogP contribution in [0.25, 0.3) is 11.0 Å². The molecule has 13 heteroatoms. The molecule has 4 aromatic rings. The van der Waals surface area contributed by atoms with Crippen LogP contribution in [0.3, 0.4) is 0 Å². The van der Waals surface area contributed by atoms with Crippen LogP contribution in [0.4, 0.5) is 39.5 Å². The average molecular weight is 552 g/mol. The standard InChI is InChI=1S/C27H20F4N6O3/c28-21-12-18(35-26(38)34-17-2-1-16(14-32)20(11-17)27(29,30)31)3-6-24(21)40-19-4-5-22-23(13-19)36-25(15-33-22)37-7-9-39-10-8-37/h1-6,11-13,15H,7-10H2,(H2,34,35,38). The maximum atomic E-state index is 14.8. The van der Waals surface area contributed by atoms with Crippen LogP contribution in [-0.2, 0) is 10.9 Å². The molecular weight excluding hydrogens is 532 g/mol. The second-order valence-electron chi connectivity index (χ2n) is 8.67. The fraction of sp³-hybridized carbons (Fsp3) is 0.185. The van der Waals surface area contributed by atoms with Gasteiger partial charge in [-0.3, -0.25) is 4.98 Å². The number of morpholine rings is 1. The molecule has 0 atom stereocenters. The number of amides is 2. The number of fused-ring (bicyclic) bond motifs is 1. The first-order valence-corrected chi connectivity index (χ1v) is 12.0. The topological polar surface area (TPSA) is 112 Å². The molecule has 1 aliphatic rings. The fourth-order valence-corrected chi connectivity index (χ4v) is 4.03. The summed E-state index contributed by atoms with van der Waals surface area (Å²) in [6, 6.07) is 11.9. The van der Waals surface area contributed by atoms with Gasteiger partial charge in [-0.25, -0.2) is 14.2 Å². The molecule has 0 spiro atoms. The van der Waals surface area contributed by atoms with Crippen molar-refractivity contribution in [2.75, 3.05) is 41.8 Å². The predicted octanol–water partition coefficient (Wildman–Crippen LogP) is 5.93. The van der Waals surface area contributed by atoms with E-state index in [1.54, 1.807) is 24.4 Å². The number of nitrogens with zero attached hydrogens (tertiary/aromatic N) is 4. The number of hydrogen-bond acceptors (Lipinski definition) is 7. The Kier molecular flexibility index (Phi) is 7.35. The molecule has 0 aliphatic carbocycles. The van der Waals surface area contributed by atoms with Gasteiger partial charge in [-0.2, -0.15) is 18.4 Å². The van der Waals surface area contributed by atoms with Crippen LogP contribution >= 0.6 is 0 Å². The quantitative estimate of drug-likeness (QED) is 0.295. The lowest BCUT2D eigenvalue weighted by molar-refractivity contribution is -0.137. The van der Waals surface area contributed by atoms with Crippen LogP contribution < -0.4 is 20.3 Å². The lowest BCUT2D eigenvalue weighted by Gasteiger charge is -2.27. The highest BCUT2D eigenvalue weighted by Gasteiger charge is 2.34. The Labute approximate surface area is 225 Å². The third kappa shape index (κ3) is 6.02. The van der Waals surface area contributed by atoms with E-state index in [9.17, 15) is 22.4 Å². The molecule has 0 unspecified atom stereocenters. The molecule has 5 rings (SSSR count). The molecule has 2 N–H and O–H groups in total. The molecule has 1 aliphatic heterocycles. The first-order chi connectivity index (χ1) is 19.2. The van der Waals surface area contributed by atoms with Gasteiger partial charge in [0, 0.05) is 36.6 Å². The van der Waals surface area contributed by atoms with Crippen molar-refractivity contribution in [1.82, 2.24) is 9.97 Å². The lowest BCUT2D eigenvalue weighted by Crippen LogP contribution is -2.36. The number of nitrogens with one attached hydrogen (secondary N) is 2. The number of alkyl halides is 3. The Balaban J connectivity index is 1.26. The Morgan fingerprint density at radius 2 is 1.73 bits per heavy atom. The van der Waals surface area contributed by atoms with Gasteiger partial charge in [0.2, 0.25) is 0 Å². The van der Waals surface area contributed by atoms with Crippen molar-refractivity contribution in [1.29, 1.82) is 5.26 Å². The Bertz CT molecular complexity index is 1620. The van der Waals surface area contributed by atoms with E-state index in [1.807, 2.05) is 0 Å². The number of anilines is 3. The van der Waals surface area contributed by atoms with Crippen molar-refractivity contribution >= 4 is 34.3 Å². The van der Waals surface area contributed by atoms with Gasteiger partial charge in [0.25, 0.3) is 0 Å². The van der Waals surface area contributed by atoms with Crippen molar-refractivity contribution in [3.05, 3.63) is 77.7 Å². The number of carbonyl (C=O) groups is 1. The number of rotatable bonds is 5. The van der Waals surface area contributed by atoms with Gasteiger partial charge in [0.1, 0.15) is 11.6 Å². The summed E-state index contributed by atoms with van der Waals surface area (Å²) < 4.78 is 65.3. The first kappa shape index (κ1) is 26.6. The van der Waals surface area contributed by atoms with Gasteiger partial charge in [0.05, 0.1) is 47.6 Å². The maximum Gasteiger partial charge on any atom is 0.417 e. The number of ether oxygens (including phenoxy) is 2. The van der Waals surface area contributed by atoms with Crippen molar-refractivity contribution < 1.29 is 31.8 Å². The van der Waals surface area contributed by atoms with E-state index >= 15 is 0 Å². The Hall–Kier alpha value is -4.96. The predicted molar refractivity (Wildman–Crippen MR) is 138 cm³/mol. The zero-order valence-corrected chi connectivity index (χ0v) is 20.6. The molecular formula is C27H20F4N6O3. The maximum absolute atomic E-state index is 14.8. The van der Waals surface area contributed by atoms with Crippen LogP contribution in [0.15, 0.2) is 60.8 Å². The van der Waals surface area contributed by atoms with E-state index in [1.165, 1.54) is 18.2 Å². The second-order valence-corrected chi connectivity index (χ2v) is 8.67. The van der Waals surface area contributed by atoms with Gasteiger partial charge in [-0.05, 0) is 42.5 Å². The summed E-state index contributed by atoms with van der Waals surface area (Å²) in [5.74, 6) is 0.108. The number of hydrogen-bond donors (Lipinski definition) is 2. The van der Waals surface area contributed by atoms with Gasteiger partial charge in [-0.15, -0.1) is 0 Å². The third-order valence-electron chi connectivity index (χ3n) is 5.96. The summed E-state index contributed by atoms with van der Waals surface area (Å²) in [7, 11) is 0. The third-order valence-corrected chi connectivity index (χ3v) is 5.96. The molecule has 2 heterocycles. The molecule has 1 aromatic heterocycles. The van der Waals surface area contributed by atoms with Crippen molar-refractivity contribution in [2.45, 2.75) is 6.18 Å². The number of aromatic nitrogens is 2. The van der Waals surface area contributed by atoms with Crippen LogP contribution in [0.5, 0.6) is 11.5 Å². The molecule has 40 heavy (non-hydrogen) atoms. The Morgan fingerprint density at radius 1 is 1.00 bits per heavy atom. The fourth-order valence-electron chi connectivity index (χ4n) is 4.03. The van der Waals surface area contributed by atoms with Crippen LogP contribution in [-0.4, -0.2) is 42.3 Å². The minimum atomic E-state index is -4.78. The highest BCUT2D eigenvalue weighted by atomic mass is 19.4. The molecule has 0 bridgehead atoms. The summed E-state index contributed by atoms with van der Waals surface area (Å²) >= 11 is 0. The highest BCUT2D eigenvalue weighted by molar-refractivity contribution is 5.99. The monoisotopic (exact) mass is 552 g/mol. The average Bonchev–Trinajstić information content (AvgIpc) is 2.94. The van der Waals surface area contributed by atoms with E-state index < -0.39 is 29.2 Å². The summed E-state index contributed by atoms with van der Waals surface area (Å²) in [5.41, 5.74) is -0.718. The van der Waals surface area contributed by atoms with Crippen LogP contribution in [0, 0.1) is 17.1 Å². The molecule has 1 saturated heterocycles. The van der Waals surface area contributed by atoms with E-state index in [4.69, 9.17) is 14.7 Å². The van der Waals surface area contributed by atoms with E-state index in [-0.39, 0.29) is 17.1 Å². The second kappa shape index (κ2) is 11.0. The SMILES string of the molecule is N#Cc1ccc(NC(=O)Nc2ccc(Oc3ccc4ncc(N5CCOCC5)nc4c3)c(F)c2)cc1C(F)(F)F. The first-order valence-electron chi connectivity index (χ1n) is 12.0. The van der Waals surface area contributed by atoms with Crippen LogP contribution in [0.1, 0.15) is 11.1 Å². The van der Waals surface area contributed by atoms with E-state index in [0.717, 1.165) is 18.2 Å². The zero-order valence-electron chi connectivity index (χ0n) is 20.6. The highest BCUT2D eigenvalue weighted by Crippen LogP contribution is 2.34. The number of urea groups is 1. The van der Waals surface area contributed by atoms with Crippen molar-refractivity contribution in [2.24, 2.45) is 0 Å². The molecule has 1 fully saturated rings. The van der Waals surface area contributed by atoms with Crippen LogP contribution in [0.2, 0.25) is 0 Å². The number of halogens is 4. The lowest BCUT2D eigenvalue weighted by atomic mass is 10.1.